The molecule has 0 amide bonds. The van der Waals surface area contributed by atoms with E-state index in [4.69, 9.17) is 4.74 Å². The van der Waals surface area contributed by atoms with E-state index in [9.17, 15) is 0 Å². The topological polar surface area (TPSA) is 49.9 Å². The number of H-pyrrole nitrogens is 1. The van der Waals surface area contributed by atoms with Crippen LogP contribution in [0.25, 0.3) is 0 Å². The smallest absolute Gasteiger partial charge is 0.119 e. The van der Waals surface area contributed by atoms with Gasteiger partial charge in [-0.1, -0.05) is 12.1 Å². The molecule has 18 heavy (non-hydrogen) atoms. The summed E-state index contributed by atoms with van der Waals surface area (Å²) in [5.74, 6) is 0.919. The third kappa shape index (κ3) is 3.34. The molecule has 96 valence electrons. The summed E-state index contributed by atoms with van der Waals surface area (Å²) in [6.07, 6.45) is 3.52. The summed E-state index contributed by atoms with van der Waals surface area (Å²) in [6.45, 7) is 5.62. The van der Waals surface area contributed by atoms with E-state index in [-0.39, 0.29) is 0 Å². The van der Waals surface area contributed by atoms with Crippen LogP contribution in [0.2, 0.25) is 0 Å². The number of ether oxygens (including phenoxy) is 1. The summed E-state index contributed by atoms with van der Waals surface area (Å²) < 4.78 is 5.43. The maximum absolute atomic E-state index is 5.43. The Kier molecular flexibility index (Phi) is 4.36. The highest BCUT2D eigenvalue weighted by Gasteiger charge is 2.05. The Bertz CT molecular complexity index is 450. The largest absolute Gasteiger partial charge is 0.494 e. The first-order valence-electron chi connectivity index (χ1n) is 6.23. The van der Waals surface area contributed by atoms with Crippen LogP contribution in [-0.4, -0.2) is 16.6 Å². The Morgan fingerprint density at radius 1 is 1.33 bits per heavy atom. The second-order valence-corrected chi connectivity index (χ2v) is 4.18. The number of nitrogens with one attached hydrogen (secondary N) is 2. The molecule has 0 aliphatic carbocycles. The molecule has 0 bridgehead atoms. The van der Waals surface area contributed by atoms with Crippen LogP contribution in [-0.2, 0) is 6.54 Å². The van der Waals surface area contributed by atoms with Gasteiger partial charge >= 0.3 is 0 Å². The Balaban J connectivity index is 1.89. The first kappa shape index (κ1) is 12.6. The van der Waals surface area contributed by atoms with Gasteiger partial charge in [0.2, 0.25) is 0 Å². The minimum absolute atomic E-state index is 0.295. The number of hydrogen-bond donors (Lipinski definition) is 2. The van der Waals surface area contributed by atoms with Crippen LogP contribution in [0.1, 0.15) is 31.1 Å². The molecule has 1 aromatic heterocycles. The molecule has 2 aromatic rings. The maximum atomic E-state index is 5.43. The molecule has 0 aliphatic heterocycles. The first-order valence-corrected chi connectivity index (χ1v) is 6.23. The quantitative estimate of drug-likeness (QED) is 0.822. The first-order chi connectivity index (χ1) is 8.79. The van der Waals surface area contributed by atoms with Crippen molar-refractivity contribution < 1.29 is 4.74 Å². The van der Waals surface area contributed by atoms with Crippen LogP contribution in [0.5, 0.6) is 5.75 Å². The van der Waals surface area contributed by atoms with Gasteiger partial charge in [-0.3, -0.25) is 0 Å². The number of benzene rings is 1. The highest BCUT2D eigenvalue weighted by molar-refractivity contribution is 5.28. The van der Waals surface area contributed by atoms with Crippen LogP contribution < -0.4 is 10.1 Å². The molecular formula is C14H19N3O. The monoisotopic (exact) mass is 245 g/mol. The van der Waals surface area contributed by atoms with Crippen molar-refractivity contribution in [3.05, 3.63) is 48.0 Å². The number of rotatable bonds is 6. The summed E-state index contributed by atoms with van der Waals surface area (Å²) >= 11 is 0. The van der Waals surface area contributed by atoms with Crippen molar-refractivity contribution in [3.8, 4) is 5.75 Å². The van der Waals surface area contributed by atoms with Gasteiger partial charge in [0, 0.05) is 24.5 Å². The lowest BCUT2D eigenvalue weighted by Crippen LogP contribution is -2.18. The van der Waals surface area contributed by atoms with E-state index in [2.05, 4.69) is 34.3 Å². The van der Waals surface area contributed by atoms with Gasteiger partial charge in [0.25, 0.3) is 0 Å². The molecule has 0 fully saturated rings. The van der Waals surface area contributed by atoms with E-state index in [1.54, 1.807) is 6.33 Å². The lowest BCUT2D eigenvalue weighted by Gasteiger charge is -2.14. The van der Waals surface area contributed by atoms with Gasteiger partial charge in [0.15, 0.2) is 0 Å². The fourth-order valence-electron chi connectivity index (χ4n) is 1.78. The van der Waals surface area contributed by atoms with Crippen molar-refractivity contribution in [1.29, 1.82) is 0 Å². The number of nitrogens with zero attached hydrogens (tertiary/aromatic N) is 1. The number of hydrogen-bond acceptors (Lipinski definition) is 3. The molecule has 1 heterocycles. The zero-order chi connectivity index (χ0) is 12.8. The average Bonchev–Trinajstić information content (AvgIpc) is 2.90. The zero-order valence-electron chi connectivity index (χ0n) is 10.8. The lowest BCUT2D eigenvalue weighted by molar-refractivity contribution is 0.340. The van der Waals surface area contributed by atoms with E-state index >= 15 is 0 Å². The predicted octanol–water partition coefficient (Wildman–Crippen LogP) is 2.66. The molecule has 0 aliphatic rings. The third-order valence-corrected chi connectivity index (χ3v) is 2.84. The van der Waals surface area contributed by atoms with Crippen molar-refractivity contribution in [2.24, 2.45) is 0 Å². The summed E-state index contributed by atoms with van der Waals surface area (Å²) in [5.41, 5.74) is 2.34. The molecule has 1 aromatic carbocycles. The van der Waals surface area contributed by atoms with Crippen molar-refractivity contribution in [1.82, 2.24) is 15.3 Å². The van der Waals surface area contributed by atoms with E-state index in [0.717, 1.165) is 18.0 Å². The molecule has 0 saturated carbocycles. The van der Waals surface area contributed by atoms with Crippen molar-refractivity contribution >= 4 is 0 Å². The molecule has 2 rings (SSSR count). The predicted molar refractivity (Wildman–Crippen MR) is 71.5 cm³/mol. The van der Waals surface area contributed by atoms with Crippen LogP contribution in [0.4, 0.5) is 0 Å². The van der Waals surface area contributed by atoms with E-state index in [1.165, 1.54) is 5.56 Å². The van der Waals surface area contributed by atoms with Gasteiger partial charge in [-0.2, -0.15) is 0 Å². The molecule has 0 radical (unpaired) electrons. The number of imidazole rings is 1. The van der Waals surface area contributed by atoms with Gasteiger partial charge in [-0.25, -0.2) is 4.98 Å². The summed E-state index contributed by atoms with van der Waals surface area (Å²) in [5, 5.41) is 3.44. The number of aromatic amines is 1. The molecule has 2 N–H and O–H groups in total. The fourth-order valence-corrected chi connectivity index (χ4v) is 1.78. The Labute approximate surface area is 107 Å². The van der Waals surface area contributed by atoms with Gasteiger partial charge in [-0.15, -0.1) is 0 Å². The molecule has 1 unspecified atom stereocenters. The maximum Gasteiger partial charge on any atom is 0.119 e. The molecule has 4 nitrogen and oxygen atoms in total. The third-order valence-electron chi connectivity index (χ3n) is 2.84. The highest BCUT2D eigenvalue weighted by Crippen LogP contribution is 2.17. The van der Waals surface area contributed by atoms with Gasteiger partial charge in [-0.05, 0) is 31.5 Å². The summed E-state index contributed by atoms with van der Waals surface area (Å²) in [6, 6.07) is 8.50. The molecule has 0 saturated heterocycles. The Morgan fingerprint density at radius 2 is 2.11 bits per heavy atom. The summed E-state index contributed by atoms with van der Waals surface area (Å²) in [4.78, 5) is 7.07. The Morgan fingerprint density at radius 3 is 2.72 bits per heavy atom. The van der Waals surface area contributed by atoms with Crippen LogP contribution in [0.3, 0.4) is 0 Å². The molecule has 4 heteroatoms. The average molecular weight is 245 g/mol. The number of aromatic nitrogens is 2. The molecular weight excluding hydrogens is 226 g/mol. The lowest BCUT2D eigenvalue weighted by atomic mass is 10.1. The van der Waals surface area contributed by atoms with Gasteiger partial charge in [0.05, 0.1) is 12.9 Å². The van der Waals surface area contributed by atoms with E-state index in [0.29, 0.717) is 12.6 Å². The molecule has 1 atom stereocenters. The highest BCUT2D eigenvalue weighted by atomic mass is 16.5. The zero-order valence-corrected chi connectivity index (χ0v) is 10.8. The second kappa shape index (κ2) is 6.21. The second-order valence-electron chi connectivity index (χ2n) is 4.18. The van der Waals surface area contributed by atoms with E-state index < -0.39 is 0 Å². The van der Waals surface area contributed by atoms with E-state index in [1.807, 2.05) is 25.3 Å². The minimum Gasteiger partial charge on any atom is -0.494 e. The standard InChI is InChI=1S/C14H19N3O/c1-3-18-14-6-4-12(5-7-14)11(2)16-9-13-8-15-10-17-13/h4-8,10-11,16H,3,9H2,1-2H3,(H,15,17). The van der Waals surface area contributed by atoms with Crippen LogP contribution >= 0.6 is 0 Å². The van der Waals surface area contributed by atoms with Crippen LogP contribution in [0.15, 0.2) is 36.8 Å². The Hall–Kier alpha value is -1.81. The van der Waals surface area contributed by atoms with Crippen LogP contribution in [0, 0.1) is 0 Å². The van der Waals surface area contributed by atoms with Gasteiger partial charge in [0.1, 0.15) is 5.75 Å². The van der Waals surface area contributed by atoms with Crippen molar-refractivity contribution in [3.63, 3.8) is 0 Å². The summed E-state index contributed by atoms with van der Waals surface area (Å²) in [7, 11) is 0. The SMILES string of the molecule is CCOc1ccc(C(C)NCc2cnc[nH]2)cc1. The van der Waals surface area contributed by atoms with Crippen molar-refractivity contribution in [2.45, 2.75) is 26.4 Å². The fraction of sp³-hybridized carbons (Fsp3) is 0.357. The normalized spacial score (nSPS) is 12.3. The van der Waals surface area contributed by atoms with Crippen molar-refractivity contribution in [2.75, 3.05) is 6.61 Å². The minimum atomic E-state index is 0.295. The van der Waals surface area contributed by atoms with Gasteiger partial charge < -0.3 is 15.0 Å². The molecule has 0 spiro atoms.